The van der Waals surface area contributed by atoms with Crippen LogP contribution < -0.4 is 5.73 Å². The molecule has 1 fully saturated rings. The predicted molar refractivity (Wildman–Crippen MR) is 59.1 cm³/mol. The molecule has 1 amide bonds. The van der Waals surface area contributed by atoms with Crippen LogP contribution in [0.1, 0.15) is 40.5 Å². The molecule has 1 aliphatic rings. The summed E-state index contributed by atoms with van der Waals surface area (Å²) >= 11 is 0. The number of nitrogens with two attached hydrogens (primary N) is 1. The first-order chi connectivity index (χ1) is 7.18. The molecule has 16 heavy (non-hydrogen) atoms. The summed E-state index contributed by atoms with van der Waals surface area (Å²) in [5.74, 6) is -2.05. The maximum Gasteiger partial charge on any atom is 0.415 e. The summed E-state index contributed by atoms with van der Waals surface area (Å²) in [5, 5.41) is 1.57. The van der Waals surface area contributed by atoms with E-state index in [1.807, 2.05) is 13.8 Å². The van der Waals surface area contributed by atoms with E-state index in [-0.39, 0.29) is 11.0 Å². The summed E-state index contributed by atoms with van der Waals surface area (Å²) in [7, 11) is 0. The van der Waals surface area contributed by atoms with E-state index >= 15 is 0 Å². The van der Waals surface area contributed by atoms with Crippen LogP contribution in [0.3, 0.4) is 0 Å². The Bertz CT molecular complexity index is 310. The van der Waals surface area contributed by atoms with Crippen LogP contribution in [0.5, 0.6) is 0 Å². The van der Waals surface area contributed by atoms with Crippen molar-refractivity contribution in [2.75, 3.05) is 6.54 Å². The smallest absolute Gasteiger partial charge is 0.360 e. The van der Waals surface area contributed by atoms with Crippen LogP contribution in [-0.4, -0.2) is 29.0 Å². The van der Waals surface area contributed by atoms with Gasteiger partial charge in [-0.2, -0.15) is 0 Å². The summed E-state index contributed by atoms with van der Waals surface area (Å²) < 4.78 is 0. The molecule has 2 N–H and O–H groups in total. The average Bonchev–Trinajstić information content (AvgIpc) is 2.13. The summed E-state index contributed by atoms with van der Waals surface area (Å²) in [6.07, 6.45) is 1.99. The third kappa shape index (κ3) is 2.19. The SMILES string of the molecule is CC1(C)CCCN(OC(=O)C(N)=O)C1(C)C. The second-order valence-corrected chi connectivity index (χ2v) is 5.39. The summed E-state index contributed by atoms with van der Waals surface area (Å²) in [6, 6.07) is 0. The maximum absolute atomic E-state index is 11.2. The number of primary amides is 1. The number of hydrogen-bond acceptors (Lipinski definition) is 4. The topological polar surface area (TPSA) is 72.6 Å². The molecule has 1 saturated heterocycles. The first-order valence-electron chi connectivity index (χ1n) is 5.48. The van der Waals surface area contributed by atoms with E-state index in [4.69, 9.17) is 10.6 Å². The summed E-state index contributed by atoms with van der Waals surface area (Å²) in [5.41, 5.74) is 4.58. The van der Waals surface area contributed by atoms with E-state index in [1.54, 1.807) is 5.06 Å². The zero-order chi connectivity index (χ0) is 12.6. The molecule has 5 heteroatoms. The minimum absolute atomic E-state index is 0.0170. The lowest BCUT2D eigenvalue weighted by Gasteiger charge is -2.51. The highest BCUT2D eigenvalue weighted by Gasteiger charge is 2.46. The van der Waals surface area contributed by atoms with Crippen molar-refractivity contribution in [3.63, 3.8) is 0 Å². The van der Waals surface area contributed by atoms with Crippen LogP contribution in [0.2, 0.25) is 0 Å². The zero-order valence-electron chi connectivity index (χ0n) is 10.4. The standard InChI is InChI=1S/C11H20N2O3/c1-10(2)6-5-7-13(11(10,3)4)16-9(15)8(12)14/h5-7H2,1-4H3,(H2,12,14). The molecule has 0 saturated carbocycles. The fourth-order valence-corrected chi connectivity index (χ4v) is 1.89. The molecule has 5 nitrogen and oxygen atoms in total. The van der Waals surface area contributed by atoms with Crippen molar-refractivity contribution in [3.05, 3.63) is 0 Å². The first kappa shape index (κ1) is 13.0. The predicted octanol–water partition coefficient (Wildman–Crippen LogP) is 0.830. The van der Waals surface area contributed by atoms with E-state index in [0.29, 0.717) is 6.54 Å². The molecule has 0 aromatic carbocycles. The van der Waals surface area contributed by atoms with Crippen LogP contribution in [-0.2, 0) is 14.4 Å². The van der Waals surface area contributed by atoms with E-state index in [0.717, 1.165) is 12.8 Å². The molecule has 0 aromatic rings. The molecule has 92 valence electrons. The molecule has 1 aliphatic heterocycles. The fourth-order valence-electron chi connectivity index (χ4n) is 1.89. The molecule has 0 radical (unpaired) electrons. The fraction of sp³-hybridized carbons (Fsp3) is 0.818. The minimum atomic E-state index is -1.06. The number of amides is 1. The lowest BCUT2D eigenvalue weighted by molar-refractivity contribution is -0.245. The minimum Gasteiger partial charge on any atom is -0.360 e. The van der Waals surface area contributed by atoms with Gasteiger partial charge in [0.2, 0.25) is 0 Å². The molecular weight excluding hydrogens is 208 g/mol. The summed E-state index contributed by atoms with van der Waals surface area (Å²) in [6.45, 7) is 8.88. The molecule has 0 spiro atoms. The highest BCUT2D eigenvalue weighted by Crippen LogP contribution is 2.43. The number of carbonyl (C=O) groups is 2. The van der Waals surface area contributed by atoms with Crippen molar-refractivity contribution in [3.8, 4) is 0 Å². The Morgan fingerprint density at radius 1 is 1.25 bits per heavy atom. The highest BCUT2D eigenvalue weighted by atomic mass is 16.7. The highest BCUT2D eigenvalue weighted by molar-refractivity contribution is 6.31. The number of rotatable bonds is 1. The van der Waals surface area contributed by atoms with Gasteiger partial charge in [0.05, 0.1) is 5.54 Å². The molecule has 0 unspecified atom stereocenters. The maximum atomic E-state index is 11.2. The Balaban J connectivity index is 2.80. The zero-order valence-corrected chi connectivity index (χ0v) is 10.4. The Morgan fingerprint density at radius 3 is 2.31 bits per heavy atom. The van der Waals surface area contributed by atoms with Crippen molar-refractivity contribution in [1.29, 1.82) is 0 Å². The third-order valence-corrected chi connectivity index (χ3v) is 3.84. The second kappa shape index (κ2) is 4.05. The van der Waals surface area contributed by atoms with Gasteiger partial charge in [-0.25, -0.2) is 4.79 Å². The van der Waals surface area contributed by atoms with Gasteiger partial charge in [0, 0.05) is 6.54 Å². The van der Waals surface area contributed by atoms with Crippen molar-refractivity contribution in [2.45, 2.75) is 46.1 Å². The van der Waals surface area contributed by atoms with Crippen LogP contribution in [0.25, 0.3) is 0 Å². The number of hydrogen-bond donors (Lipinski definition) is 1. The van der Waals surface area contributed by atoms with Crippen molar-refractivity contribution in [2.24, 2.45) is 11.1 Å². The van der Waals surface area contributed by atoms with Gasteiger partial charge in [0.1, 0.15) is 0 Å². The second-order valence-electron chi connectivity index (χ2n) is 5.39. The van der Waals surface area contributed by atoms with Gasteiger partial charge in [-0.1, -0.05) is 13.8 Å². The van der Waals surface area contributed by atoms with Crippen LogP contribution >= 0.6 is 0 Å². The number of nitrogens with zero attached hydrogens (tertiary/aromatic N) is 1. The van der Waals surface area contributed by atoms with E-state index < -0.39 is 11.9 Å². The number of piperidine rings is 1. The third-order valence-electron chi connectivity index (χ3n) is 3.84. The van der Waals surface area contributed by atoms with Gasteiger partial charge in [-0.15, -0.1) is 5.06 Å². The molecule has 0 bridgehead atoms. The van der Waals surface area contributed by atoms with E-state index in [9.17, 15) is 9.59 Å². The van der Waals surface area contributed by atoms with Crippen LogP contribution in [0, 0.1) is 5.41 Å². The lowest BCUT2D eigenvalue weighted by atomic mass is 9.69. The first-order valence-corrected chi connectivity index (χ1v) is 5.48. The molecule has 0 aromatic heterocycles. The summed E-state index contributed by atoms with van der Waals surface area (Å²) in [4.78, 5) is 26.9. The van der Waals surface area contributed by atoms with Crippen LogP contribution in [0.15, 0.2) is 0 Å². The number of carbonyl (C=O) groups excluding carboxylic acids is 2. The lowest BCUT2D eigenvalue weighted by Crippen LogP contribution is -2.58. The van der Waals surface area contributed by atoms with Gasteiger partial charge in [0.15, 0.2) is 0 Å². The van der Waals surface area contributed by atoms with Crippen molar-refractivity contribution in [1.82, 2.24) is 5.06 Å². The Labute approximate surface area is 95.9 Å². The van der Waals surface area contributed by atoms with Gasteiger partial charge in [-0.05, 0) is 32.1 Å². The molecule has 0 atom stereocenters. The van der Waals surface area contributed by atoms with Gasteiger partial charge < -0.3 is 10.6 Å². The van der Waals surface area contributed by atoms with E-state index in [2.05, 4.69) is 13.8 Å². The molecule has 1 rings (SSSR count). The largest absolute Gasteiger partial charge is 0.415 e. The van der Waals surface area contributed by atoms with E-state index in [1.165, 1.54) is 0 Å². The molecule has 1 heterocycles. The Kier molecular flexibility index (Phi) is 3.28. The van der Waals surface area contributed by atoms with Gasteiger partial charge in [0.25, 0.3) is 0 Å². The van der Waals surface area contributed by atoms with Crippen LogP contribution in [0.4, 0.5) is 0 Å². The molecule has 0 aliphatic carbocycles. The average molecular weight is 228 g/mol. The molecular formula is C11H20N2O3. The number of hydroxylamine groups is 2. The Morgan fingerprint density at radius 2 is 1.81 bits per heavy atom. The van der Waals surface area contributed by atoms with Crippen molar-refractivity contribution < 1.29 is 14.4 Å². The van der Waals surface area contributed by atoms with Crippen molar-refractivity contribution >= 4 is 11.9 Å². The van der Waals surface area contributed by atoms with Gasteiger partial charge >= 0.3 is 11.9 Å². The van der Waals surface area contributed by atoms with Gasteiger partial charge in [-0.3, -0.25) is 4.79 Å². The quantitative estimate of drug-likeness (QED) is 0.675. The Hall–Kier alpha value is -1.10. The normalized spacial score (nSPS) is 23.8. The monoisotopic (exact) mass is 228 g/mol.